The summed E-state index contributed by atoms with van der Waals surface area (Å²) in [6.45, 7) is 6.36. The molecule has 0 aromatic rings. The number of likely N-dealkylation sites (tertiary alicyclic amines) is 1. The Labute approximate surface area is 68.6 Å². The molecule has 0 radical (unpaired) electrons. The van der Waals surface area contributed by atoms with E-state index in [0.29, 0.717) is 17.9 Å². The average Bonchev–Trinajstić information content (AvgIpc) is 2.17. The standard InChI is InChI=1S/C9H17NO/c1-6(2)8-5-7(3)9(11)10(8)4/h6-8H,5H2,1-4H3/t7-,8+/m1/s1. The first-order valence-electron chi connectivity index (χ1n) is 4.30. The van der Waals surface area contributed by atoms with E-state index in [0.717, 1.165) is 6.42 Å². The van der Waals surface area contributed by atoms with E-state index in [1.165, 1.54) is 0 Å². The summed E-state index contributed by atoms with van der Waals surface area (Å²) in [4.78, 5) is 13.2. The van der Waals surface area contributed by atoms with Gasteiger partial charge in [-0.2, -0.15) is 0 Å². The molecule has 1 heterocycles. The predicted octanol–water partition coefficient (Wildman–Crippen LogP) is 1.51. The minimum absolute atomic E-state index is 0.243. The van der Waals surface area contributed by atoms with Crippen LogP contribution in [-0.2, 0) is 4.79 Å². The Balaban J connectivity index is 2.67. The van der Waals surface area contributed by atoms with Gasteiger partial charge in [-0.05, 0) is 12.3 Å². The minimum Gasteiger partial charge on any atom is -0.342 e. The Hall–Kier alpha value is -0.530. The van der Waals surface area contributed by atoms with Crippen molar-refractivity contribution in [2.45, 2.75) is 33.2 Å². The van der Waals surface area contributed by atoms with Crippen molar-refractivity contribution in [3.8, 4) is 0 Å². The second-order valence-corrected chi connectivity index (χ2v) is 3.90. The Morgan fingerprint density at radius 3 is 2.27 bits per heavy atom. The zero-order valence-corrected chi connectivity index (χ0v) is 7.79. The summed E-state index contributed by atoms with van der Waals surface area (Å²) in [5.41, 5.74) is 0. The maximum Gasteiger partial charge on any atom is 0.225 e. The Kier molecular flexibility index (Phi) is 2.21. The number of hydrogen-bond acceptors (Lipinski definition) is 1. The van der Waals surface area contributed by atoms with Gasteiger partial charge in [-0.15, -0.1) is 0 Å². The highest BCUT2D eigenvalue weighted by Crippen LogP contribution is 2.27. The first-order valence-corrected chi connectivity index (χ1v) is 4.30. The molecule has 64 valence electrons. The molecule has 1 aliphatic heterocycles. The molecule has 0 spiro atoms. The summed E-state index contributed by atoms with van der Waals surface area (Å²) >= 11 is 0. The Bertz CT molecular complexity index is 165. The third kappa shape index (κ3) is 1.39. The van der Waals surface area contributed by atoms with Crippen molar-refractivity contribution in [3.05, 3.63) is 0 Å². The van der Waals surface area contributed by atoms with Crippen molar-refractivity contribution in [2.24, 2.45) is 11.8 Å². The van der Waals surface area contributed by atoms with Gasteiger partial charge >= 0.3 is 0 Å². The van der Waals surface area contributed by atoms with E-state index < -0.39 is 0 Å². The van der Waals surface area contributed by atoms with Gasteiger partial charge in [0.25, 0.3) is 0 Å². The van der Waals surface area contributed by atoms with Gasteiger partial charge in [0, 0.05) is 19.0 Å². The van der Waals surface area contributed by atoms with Gasteiger partial charge in [-0.3, -0.25) is 4.79 Å². The summed E-state index contributed by atoms with van der Waals surface area (Å²) in [7, 11) is 1.91. The molecule has 1 aliphatic rings. The number of rotatable bonds is 1. The van der Waals surface area contributed by atoms with Crippen LogP contribution in [0.1, 0.15) is 27.2 Å². The van der Waals surface area contributed by atoms with Gasteiger partial charge in [0.05, 0.1) is 0 Å². The lowest BCUT2D eigenvalue weighted by Gasteiger charge is -2.22. The molecular formula is C9H17NO. The van der Waals surface area contributed by atoms with E-state index in [4.69, 9.17) is 0 Å². The second kappa shape index (κ2) is 2.84. The predicted molar refractivity (Wildman–Crippen MR) is 45.2 cm³/mol. The summed E-state index contributed by atoms with van der Waals surface area (Å²) in [5, 5.41) is 0. The van der Waals surface area contributed by atoms with E-state index in [1.807, 2.05) is 18.9 Å². The number of carbonyl (C=O) groups excluding carboxylic acids is 1. The highest BCUT2D eigenvalue weighted by atomic mass is 16.2. The fourth-order valence-corrected chi connectivity index (χ4v) is 1.85. The molecule has 1 amide bonds. The molecule has 0 N–H and O–H groups in total. The fraction of sp³-hybridized carbons (Fsp3) is 0.889. The average molecular weight is 155 g/mol. The monoisotopic (exact) mass is 155 g/mol. The van der Waals surface area contributed by atoms with E-state index in [2.05, 4.69) is 13.8 Å². The lowest BCUT2D eigenvalue weighted by molar-refractivity contribution is -0.130. The summed E-state index contributed by atoms with van der Waals surface area (Å²) in [5.74, 6) is 1.14. The molecule has 0 aromatic carbocycles. The Morgan fingerprint density at radius 2 is 2.09 bits per heavy atom. The van der Waals surface area contributed by atoms with Crippen LogP contribution in [0.5, 0.6) is 0 Å². The number of carbonyl (C=O) groups is 1. The van der Waals surface area contributed by atoms with Crippen LogP contribution in [-0.4, -0.2) is 23.9 Å². The summed E-state index contributed by atoms with van der Waals surface area (Å²) in [6.07, 6.45) is 1.03. The maximum absolute atomic E-state index is 11.3. The van der Waals surface area contributed by atoms with E-state index >= 15 is 0 Å². The number of hydrogen-bond donors (Lipinski definition) is 0. The van der Waals surface area contributed by atoms with Crippen LogP contribution in [0.3, 0.4) is 0 Å². The molecule has 0 saturated carbocycles. The van der Waals surface area contributed by atoms with Crippen LogP contribution in [0.4, 0.5) is 0 Å². The van der Waals surface area contributed by atoms with Crippen molar-refractivity contribution in [2.75, 3.05) is 7.05 Å². The Morgan fingerprint density at radius 1 is 1.55 bits per heavy atom. The van der Waals surface area contributed by atoms with Gasteiger partial charge in [-0.25, -0.2) is 0 Å². The molecule has 0 bridgehead atoms. The molecule has 0 unspecified atom stereocenters. The lowest BCUT2D eigenvalue weighted by atomic mass is 9.99. The molecule has 1 fully saturated rings. The molecule has 1 saturated heterocycles. The van der Waals surface area contributed by atoms with Gasteiger partial charge in [0.15, 0.2) is 0 Å². The molecule has 1 rings (SSSR count). The van der Waals surface area contributed by atoms with Crippen LogP contribution < -0.4 is 0 Å². The van der Waals surface area contributed by atoms with Gasteiger partial charge in [-0.1, -0.05) is 20.8 Å². The maximum atomic E-state index is 11.3. The molecule has 2 heteroatoms. The topological polar surface area (TPSA) is 20.3 Å². The normalized spacial score (nSPS) is 32.1. The minimum atomic E-state index is 0.243. The number of nitrogens with zero attached hydrogens (tertiary/aromatic N) is 1. The van der Waals surface area contributed by atoms with Crippen LogP contribution in [0.25, 0.3) is 0 Å². The zero-order valence-electron chi connectivity index (χ0n) is 7.79. The summed E-state index contributed by atoms with van der Waals surface area (Å²) < 4.78 is 0. The number of amides is 1. The van der Waals surface area contributed by atoms with Crippen LogP contribution in [0.15, 0.2) is 0 Å². The molecule has 2 atom stereocenters. The fourth-order valence-electron chi connectivity index (χ4n) is 1.85. The summed E-state index contributed by atoms with van der Waals surface area (Å²) in [6, 6.07) is 0.470. The first kappa shape index (κ1) is 8.57. The van der Waals surface area contributed by atoms with Crippen molar-refractivity contribution in [3.63, 3.8) is 0 Å². The first-order chi connectivity index (χ1) is 5.04. The molecule has 0 aromatic heterocycles. The SMILES string of the molecule is CC(C)[C@@H]1C[C@@H](C)C(=O)N1C. The van der Waals surface area contributed by atoms with E-state index in [-0.39, 0.29) is 5.92 Å². The molecular weight excluding hydrogens is 138 g/mol. The smallest absolute Gasteiger partial charge is 0.225 e. The highest BCUT2D eigenvalue weighted by Gasteiger charge is 2.35. The molecule has 2 nitrogen and oxygen atoms in total. The van der Waals surface area contributed by atoms with Crippen molar-refractivity contribution >= 4 is 5.91 Å². The van der Waals surface area contributed by atoms with Crippen molar-refractivity contribution in [1.29, 1.82) is 0 Å². The quantitative estimate of drug-likeness (QED) is 0.562. The second-order valence-electron chi connectivity index (χ2n) is 3.90. The lowest BCUT2D eigenvalue weighted by Crippen LogP contribution is -2.32. The van der Waals surface area contributed by atoms with Crippen LogP contribution >= 0.6 is 0 Å². The van der Waals surface area contributed by atoms with Crippen molar-refractivity contribution < 1.29 is 4.79 Å². The third-order valence-corrected chi connectivity index (χ3v) is 2.63. The third-order valence-electron chi connectivity index (χ3n) is 2.63. The largest absolute Gasteiger partial charge is 0.342 e. The highest BCUT2D eigenvalue weighted by molar-refractivity contribution is 5.80. The molecule has 11 heavy (non-hydrogen) atoms. The van der Waals surface area contributed by atoms with E-state index in [9.17, 15) is 4.79 Å². The van der Waals surface area contributed by atoms with Gasteiger partial charge in [0.2, 0.25) is 5.91 Å². The van der Waals surface area contributed by atoms with Crippen LogP contribution in [0.2, 0.25) is 0 Å². The molecule has 0 aliphatic carbocycles. The van der Waals surface area contributed by atoms with Gasteiger partial charge in [0.1, 0.15) is 0 Å². The van der Waals surface area contributed by atoms with Crippen LogP contribution in [0, 0.1) is 11.8 Å². The van der Waals surface area contributed by atoms with E-state index in [1.54, 1.807) is 0 Å². The van der Waals surface area contributed by atoms with Crippen molar-refractivity contribution in [1.82, 2.24) is 4.90 Å². The zero-order chi connectivity index (χ0) is 8.59. The van der Waals surface area contributed by atoms with Gasteiger partial charge < -0.3 is 4.90 Å².